The van der Waals surface area contributed by atoms with Gasteiger partial charge in [-0.25, -0.2) is 0 Å². The largest absolute Gasteiger partial charge is 0.303 e. The molecule has 1 saturated heterocycles. The lowest BCUT2D eigenvalue weighted by Gasteiger charge is -2.23. The van der Waals surface area contributed by atoms with Crippen LogP contribution in [0.15, 0.2) is 0 Å². The average molecular weight is 225 g/mol. The molecule has 1 aliphatic heterocycles. The summed E-state index contributed by atoms with van der Waals surface area (Å²) in [5.41, 5.74) is 0. The van der Waals surface area contributed by atoms with Crippen molar-refractivity contribution in [2.24, 2.45) is 11.8 Å². The number of hydrogen-bond acceptors (Lipinski definition) is 1. The molecule has 1 aliphatic rings. The first-order valence-electron chi connectivity index (χ1n) is 7.44. The minimum absolute atomic E-state index is 0.917. The van der Waals surface area contributed by atoms with Gasteiger partial charge in [0.2, 0.25) is 0 Å². The van der Waals surface area contributed by atoms with Gasteiger partial charge in [0.15, 0.2) is 0 Å². The Kier molecular flexibility index (Phi) is 7.11. The fraction of sp³-hybridized carbons (Fsp3) is 1.00. The third-order valence-electron chi connectivity index (χ3n) is 3.87. The van der Waals surface area contributed by atoms with Gasteiger partial charge < -0.3 is 4.90 Å². The van der Waals surface area contributed by atoms with E-state index in [0.29, 0.717) is 0 Å². The molecule has 1 rings (SSSR count). The van der Waals surface area contributed by atoms with Gasteiger partial charge in [-0.3, -0.25) is 0 Å². The van der Waals surface area contributed by atoms with Crippen molar-refractivity contribution < 1.29 is 0 Å². The van der Waals surface area contributed by atoms with E-state index < -0.39 is 0 Å². The van der Waals surface area contributed by atoms with Crippen molar-refractivity contribution in [3.63, 3.8) is 0 Å². The van der Waals surface area contributed by atoms with Gasteiger partial charge in [-0.2, -0.15) is 0 Å². The monoisotopic (exact) mass is 225 g/mol. The van der Waals surface area contributed by atoms with Gasteiger partial charge in [0.05, 0.1) is 0 Å². The molecule has 96 valence electrons. The van der Waals surface area contributed by atoms with E-state index in [1.54, 1.807) is 0 Å². The summed E-state index contributed by atoms with van der Waals surface area (Å²) in [5, 5.41) is 0. The molecule has 0 radical (unpaired) electrons. The van der Waals surface area contributed by atoms with Crippen LogP contribution in [0, 0.1) is 11.8 Å². The van der Waals surface area contributed by atoms with Crippen LogP contribution in [0.3, 0.4) is 0 Å². The molecule has 2 atom stereocenters. The summed E-state index contributed by atoms with van der Waals surface area (Å²) in [6.45, 7) is 11.2. The fourth-order valence-corrected chi connectivity index (χ4v) is 2.83. The predicted octanol–water partition coefficient (Wildman–Crippen LogP) is 4.32. The summed E-state index contributed by atoms with van der Waals surface area (Å²) >= 11 is 0. The van der Waals surface area contributed by atoms with E-state index in [1.807, 2.05) is 0 Å². The van der Waals surface area contributed by atoms with Gasteiger partial charge in [0.1, 0.15) is 0 Å². The van der Waals surface area contributed by atoms with E-state index in [9.17, 15) is 0 Å². The quantitative estimate of drug-likeness (QED) is 0.608. The van der Waals surface area contributed by atoms with Crippen LogP contribution in [0.4, 0.5) is 0 Å². The van der Waals surface area contributed by atoms with Crippen molar-refractivity contribution in [2.45, 2.75) is 65.7 Å². The van der Waals surface area contributed by atoms with E-state index in [1.165, 1.54) is 64.6 Å². The van der Waals surface area contributed by atoms with Crippen LogP contribution in [0.1, 0.15) is 65.7 Å². The SMILES string of the molecule is CCCCCCCN1CC(C)CCC(C)C1. The normalized spacial score (nSPS) is 27.9. The van der Waals surface area contributed by atoms with Crippen LogP contribution >= 0.6 is 0 Å². The lowest BCUT2D eigenvalue weighted by molar-refractivity contribution is 0.232. The highest BCUT2D eigenvalue weighted by Crippen LogP contribution is 2.20. The lowest BCUT2D eigenvalue weighted by Crippen LogP contribution is -2.30. The van der Waals surface area contributed by atoms with E-state index in [-0.39, 0.29) is 0 Å². The molecule has 2 unspecified atom stereocenters. The van der Waals surface area contributed by atoms with Crippen molar-refractivity contribution in [3.8, 4) is 0 Å². The molecular weight excluding hydrogens is 194 g/mol. The first-order chi connectivity index (χ1) is 7.72. The maximum absolute atomic E-state index is 2.72. The highest BCUT2D eigenvalue weighted by molar-refractivity contribution is 4.72. The van der Waals surface area contributed by atoms with Crippen LogP contribution in [0.25, 0.3) is 0 Å². The van der Waals surface area contributed by atoms with Crippen molar-refractivity contribution in [1.29, 1.82) is 0 Å². The molecule has 1 fully saturated rings. The van der Waals surface area contributed by atoms with E-state index in [4.69, 9.17) is 0 Å². The van der Waals surface area contributed by atoms with Crippen molar-refractivity contribution >= 4 is 0 Å². The van der Waals surface area contributed by atoms with E-state index in [0.717, 1.165) is 11.8 Å². The second kappa shape index (κ2) is 8.11. The zero-order valence-corrected chi connectivity index (χ0v) is 11.7. The smallest absolute Gasteiger partial charge is 0.000713 e. The Hall–Kier alpha value is -0.0400. The third kappa shape index (κ3) is 5.89. The molecule has 1 heteroatoms. The Morgan fingerprint density at radius 2 is 1.44 bits per heavy atom. The molecule has 0 N–H and O–H groups in total. The topological polar surface area (TPSA) is 3.24 Å². The summed E-state index contributed by atoms with van der Waals surface area (Å²) < 4.78 is 0. The second-order valence-corrected chi connectivity index (χ2v) is 5.96. The van der Waals surface area contributed by atoms with Gasteiger partial charge in [-0.1, -0.05) is 46.5 Å². The van der Waals surface area contributed by atoms with Crippen LogP contribution in [0.2, 0.25) is 0 Å². The molecule has 0 spiro atoms. The summed E-state index contributed by atoms with van der Waals surface area (Å²) in [4.78, 5) is 2.72. The number of unbranched alkanes of at least 4 members (excludes halogenated alkanes) is 4. The Morgan fingerprint density at radius 3 is 2.00 bits per heavy atom. The predicted molar refractivity (Wildman–Crippen MR) is 72.8 cm³/mol. The number of likely N-dealkylation sites (tertiary alicyclic amines) is 1. The van der Waals surface area contributed by atoms with Crippen LogP contribution in [-0.4, -0.2) is 24.5 Å². The lowest BCUT2D eigenvalue weighted by atomic mass is 10.0. The Morgan fingerprint density at radius 1 is 0.875 bits per heavy atom. The van der Waals surface area contributed by atoms with Gasteiger partial charge in [-0.05, 0) is 37.6 Å². The highest BCUT2D eigenvalue weighted by Gasteiger charge is 2.18. The van der Waals surface area contributed by atoms with Crippen molar-refractivity contribution in [3.05, 3.63) is 0 Å². The minimum Gasteiger partial charge on any atom is -0.303 e. The molecule has 1 heterocycles. The molecule has 0 bridgehead atoms. The molecule has 16 heavy (non-hydrogen) atoms. The maximum atomic E-state index is 2.72. The fourth-order valence-electron chi connectivity index (χ4n) is 2.83. The average Bonchev–Trinajstić information content (AvgIpc) is 2.40. The van der Waals surface area contributed by atoms with Crippen molar-refractivity contribution in [1.82, 2.24) is 4.90 Å². The molecular formula is C15H31N. The van der Waals surface area contributed by atoms with Crippen LogP contribution < -0.4 is 0 Å². The first-order valence-corrected chi connectivity index (χ1v) is 7.44. The summed E-state index contributed by atoms with van der Waals surface area (Å²) in [6, 6.07) is 0. The van der Waals surface area contributed by atoms with Crippen LogP contribution in [0.5, 0.6) is 0 Å². The summed E-state index contributed by atoms with van der Waals surface area (Å²) in [7, 11) is 0. The Bertz CT molecular complexity index is 155. The molecule has 0 aromatic carbocycles. The molecule has 0 aromatic heterocycles. The zero-order chi connectivity index (χ0) is 11.8. The molecule has 0 amide bonds. The first kappa shape index (κ1) is 14.0. The Balaban J connectivity index is 2.13. The van der Waals surface area contributed by atoms with Gasteiger partial charge >= 0.3 is 0 Å². The second-order valence-electron chi connectivity index (χ2n) is 5.96. The number of rotatable bonds is 6. The molecule has 0 aromatic rings. The van der Waals surface area contributed by atoms with Gasteiger partial charge in [-0.15, -0.1) is 0 Å². The zero-order valence-electron chi connectivity index (χ0n) is 11.7. The molecule has 0 saturated carbocycles. The summed E-state index contributed by atoms with van der Waals surface area (Å²) in [5.74, 6) is 1.83. The highest BCUT2D eigenvalue weighted by atomic mass is 15.1. The maximum Gasteiger partial charge on any atom is 0.000713 e. The Labute approximate surface area is 103 Å². The minimum atomic E-state index is 0.917. The number of nitrogens with zero attached hydrogens (tertiary/aromatic N) is 1. The van der Waals surface area contributed by atoms with Gasteiger partial charge in [0.25, 0.3) is 0 Å². The van der Waals surface area contributed by atoms with E-state index >= 15 is 0 Å². The molecule has 0 aliphatic carbocycles. The standard InChI is InChI=1S/C15H31N/c1-4-5-6-7-8-11-16-12-14(2)9-10-15(3)13-16/h14-15H,4-13H2,1-3H3. The summed E-state index contributed by atoms with van der Waals surface area (Å²) in [6.07, 6.45) is 9.95. The molecule has 1 nitrogen and oxygen atoms in total. The van der Waals surface area contributed by atoms with Gasteiger partial charge in [0, 0.05) is 13.1 Å². The van der Waals surface area contributed by atoms with Crippen LogP contribution in [-0.2, 0) is 0 Å². The van der Waals surface area contributed by atoms with E-state index in [2.05, 4.69) is 25.7 Å². The van der Waals surface area contributed by atoms with Crippen molar-refractivity contribution in [2.75, 3.05) is 19.6 Å². The number of hydrogen-bond donors (Lipinski definition) is 0. The third-order valence-corrected chi connectivity index (χ3v) is 3.87.